The number of amides is 1. The maximum Gasteiger partial charge on any atom is 0.422 e. The quantitative estimate of drug-likeness (QED) is 0.541. The second kappa shape index (κ2) is 8.02. The van der Waals surface area contributed by atoms with Gasteiger partial charge in [0.05, 0.1) is 22.1 Å². The van der Waals surface area contributed by atoms with E-state index in [9.17, 15) is 26.4 Å². The fourth-order valence-electron chi connectivity index (χ4n) is 3.21. The monoisotopic (exact) mass is 505 g/mol. The molecule has 1 amide bonds. The molecule has 0 atom stereocenters. The number of carbonyl (C=O) groups excluding carboxylic acids is 1. The van der Waals surface area contributed by atoms with Crippen LogP contribution in [0.4, 0.5) is 13.2 Å². The molecule has 1 aliphatic heterocycles. The normalized spacial score (nSPS) is 16.8. The van der Waals surface area contributed by atoms with Crippen LogP contribution in [0, 0.1) is 0 Å². The number of ether oxygens (including phenoxy) is 2. The van der Waals surface area contributed by atoms with Crippen LogP contribution < -0.4 is 14.8 Å². The number of hydrogen-bond acceptors (Lipinski definition) is 8. The molecule has 1 saturated heterocycles. The smallest absolute Gasteiger partial charge is 0.422 e. The van der Waals surface area contributed by atoms with E-state index in [0.717, 1.165) is 6.07 Å². The minimum absolute atomic E-state index is 0.0519. The first kappa shape index (κ1) is 23.0. The molecular formula is C18H15ClF3N5O5S. The average molecular weight is 506 g/mol. The maximum atomic E-state index is 12.5. The Balaban J connectivity index is 1.52. The summed E-state index contributed by atoms with van der Waals surface area (Å²) in [6.45, 7) is 0.0402. The highest BCUT2D eigenvalue weighted by atomic mass is 35.5. The Kier molecular flexibility index (Phi) is 5.60. The molecule has 1 aliphatic rings. The van der Waals surface area contributed by atoms with Gasteiger partial charge in [0.2, 0.25) is 5.82 Å². The number of halogens is 4. The van der Waals surface area contributed by atoms with Crippen molar-refractivity contribution in [3.8, 4) is 17.4 Å². The number of fused-ring (bicyclic) bond motifs is 1. The van der Waals surface area contributed by atoms with Gasteiger partial charge in [0, 0.05) is 24.5 Å². The van der Waals surface area contributed by atoms with Gasteiger partial charge in [0.1, 0.15) is 5.75 Å². The fraction of sp³-hybridized carbons (Fsp3) is 0.333. The van der Waals surface area contributed by atoms with E-state index >= 15 is 0 Å². The number of sulfone groups is 1. The van der Waals surface area contributed by atoms with Crippen LogP contribution in [0.1, 0.15) is 17.5 Å². The fourth-order valence-corrected chi connectivity index (χ4v) is 5.36. The summed E-state index contributed by atoms with van der Waals surface area (Å²) in [5.74, 6) is -1.65. The Hall–Kier alpha value is -3.13. The summed E-state index contributed by atoms with van der Waals surface area (Å²) in [5.41, 5.74) is -0.704. The number of alkyl halides is 3. The third kappa shape index (κ3) is 5.45. The molecule has 0 aromatic carbocycles. The Morgan fingerprint density at radius 2 is 2.06 bits per heavy atom. The second-order valence-electron chi connectivity index (χ2n) is 7.61. The molecule has 0 bridgehead atoms. The number of rotatable bonds is 6. The van der Waals surface area contributed by atoms with Crippen LogP contribution in [-0.2, 0) is 9.84 Å². The predicted octanol–water partition coefficient (Wildman–Crippen LogP) is 2.43. The van der Waals surface area contributed by atoms with Crippen molar-refractivity contribution in [2.75, 3.05) is 18.1 Å². The zero-order valence-corrected chi connectivity index (χ0v) is 18.3. The standard InChI is InChI=1S/C18H15ClF3N5O5S/c1-17(8-33(29,30)9-17)25-15(28)14-24-13-5-11(2-3-27(13)26-14)32-16-12(4-10(19)6-23-16)31-7-18(20,21)22/h2-6H,7-9H2,1H3,(H,25,28). The van der Waals surface area contributed by atoms with Gasteiger partial charge in [-0.2, -0.15) is 13.2 Å². The van der Waals surface area contributed by atoms with E-state index in [1.54, 1.807) is 6.92 Å². The lowest BCUT2D eigenvalue weighted by Crippen LogP contribution is -2.63. The Bertz CT molecular complexity index is 1330. The molecular weight excluding hydrogens is 491 g/mol. The predicted molar refractivity (Wildman–Crippen MR) is 108 cm³/mol. The SMILES string of the molecule is CC1(NC(=O)c2nc3cc(Oc4ncc(Cl)cc4OCC(F)(F)F)ccn3n2)CS(=O)(=O)C1. The maximum absolute atomic E-state index is 12.5. The summed E-state index contributed by atoms with van der Waals surface area (Å²) in [6.07, 6.45) is -1.98. The van der Waals surface area contributed by atoms with Crippen LogP contribution in [0.3, 0.4) is 0 Å². The molecule has 0 saturated carbocycles. The highest BCUT2D eigenvalue weighted by molar-refractivity contribution is 7.93. The molecule has 176 valence electrons. The van der Waals surface area contributed by atoms with Gasteiger partial charge in [-0.15, -0.1) is 5.10 Å². The van der Waals surface area contributed by atoms with Crippen LogP contribution >= 0.6 is 11.6 Å². The van der Waals surface area contributed by atoms with Crippen LogP contribution in [0.5, 0.6) is 17.4 Å². The van der Waals surface area contributed by atoms with Crippen molar-refractivity contribution in [3.05, 3.63) is 41.4 Å². The summed E-state index contributed by atoms with van der Waals surface area (Å²) in [7, 11) is -3.16. The molecule has 0 aliphatic carbocycles. The molecule has 3 aromatic heterocycles. The number of carbonyl (C=O) groups is 1. The number of hydrogen-bond donors (Lipinski definition) is 1. The summed E-state index contributed by atoms with van der Waals surface area (Å²) < 4.78 is 71.9. The summed E-state index contributed by atoms with van der Waals surface area (Å²) in [6, 6.07) is 3.94. The average Bonchev–Trinajstić information content (AvgIpc) is 3.09. The lowest BCUT2D eigenvalue weighted by atomic mass is 10.1. The van der Waals surface area contributed by atoms with E-state index in [1.807, 2.05) is 0 Å². The van der Waals surface area contributed by atoms with Crippen LogP contribution in [-0.4, -0.2) is 63.7 Å². The molecule has 0 radical (unpaired) electrons. The Morgan fingerprint density at radius 3 is 2.73 bits per heavy atom. The zero-order chi connectivity index (χ0) is 24.0. The zero-order valence-electron chi connectivity index (χ0n) is 16.8. The van der Waals surface area contributed by atoms with Crippen LogP contribution in [0.15, 0.2) is 30.6 Å². The largest absolute Gasteiger partial charge is 0.478 e. The molecule has 4 rings (SSSR count). The number of pyridine rings is 2. The Labute approximate surface area is 189 Å². The second-order valence-corrected chi connectivity index (χ2v) is 10.1. The topological polar surface area (TPSA) is 125 Å². The van der Waals surface area contributed by atoms with Crippen LogP contribution in [0.25, 0.3) is 5.65 Å². The molecule has 1 fully saturated rings. The first-order chi connectivity index (χ1) is 15.3. The minimum atomic E-state index is -4.57. The molecule has 33 heavy (non-hydrogen) atoms. The number of nitrogens with zero attached hydrogens (tertiary/aromatic N) is 4. The van der Waals surface area contributed by atoms with Gasteiger partial charge >= 0.3 is 6.18 Å². The van der Waals surface area contributed by atoms with Crippen molar-refractivity contribution in [1.82, 2.24) is 24.9 Å². The number of aromatic nitrogens is 4. The van der Waals surface area contributed by atoms with E-state index < -0.39 is 34.1 Å². The van der Waals surface area contributed by atoms with Gasteiger partial charge in [-0.1, -0.05) is 11.6 Å². The molecule has 15 heteroatoms. The van der Waals surface area contributed by atoms with Crippen molar-refractivity contribution in [3.63, 3.8) is 0 Å². The highest BCUT2D eigenvalue weighted by Crippen LogP contribution is 2.33. The van der Waals surface area contributed by atoms with Crippen LogP contribution in [0.2, 0.25) is 5.02 Å². The van der Waals surface area contributed by atoms with Crippen molar-refractivity contribution in [2.24, 2.45) is 0 Å². The van der Waals surface area contributed by atoms with Crippen molar-refractivity contribution in [2.45, 2.75) is 18.6 Å². The Morgan fingerprint density at radius 1 is 1.33 bits per heavy atom. The van der Waals surface area contributed by atoms with E-state index in [4.69, 9.17) is 21.1 Å². The molecule has 0 spiro atoms. The minimum Gasteiger partial charge on any atom is -0.478 e. The molecule has 10 nitrogen and oxygen atoms in total. The van der Waals surface area contributed by atoms with E-state index in [2.05, 4.69) is 20.4 Å². The summed E-state index contributed by atoms with van der Waals surface area (Å²) >= 11 is 5.78. The van der Waals surface area contributed by atoms with Gasteiger partial charge in [-0.05, 0) is 13.0 Å². The van der Waals surface area contributed by atoms with E-state index in [-0.39, 0.29) is 45.4 Å². The lowest BCUT2D eigenvalue weighted by molar-refractivity contribution is -0.153. The van der Waals surface area contributed by atoms with E-state index in [1.165, 1.54) is 29.0 Å². The first-order valence-corrected chi connectivity index (χ1v) is 11.4. The summed E-state index contributed by atoms with van der Waals surface area (Å²) in [5, 5.41) is 6.68. The highest BCUT2D eigenvalue weighted by Gasteiger charge is 2.46. The first-order valence-electron chi connectivity index (χ1n) is 9.23. The number of nitrogens with one attached hydrogen (secondary N) is 1. The molecule has 3 aromatic rings. The lowest BCUT2D eigenvalue weighted by Gasteiger charge is -2.37. The van der Waals surface area contributed by atoms with Crippen molar-refractivity contribution >= 4 is 33.0 Å². The van der Waals surface area contributed by atoms with E-state index in [0.29, 0.717) is 0 Å². The third-order valence-electron chi connectivity index (χ3n) is 4.40. The molecule has 4 heterocycles. The van der Waals surface area contributed by atoms with Crippen molar-refractivity contribution in [1.29, 1.82) is 0 Å². The van der Waals surface area contributed by atoms with Gasteiger partial charge in [-0.3, -0.25) is 4.79 Å². The van der Waals surface area contributed by atoms with Gasteiger partial charge < -0.3 is 14.8 Å². The van der Waals surface area contributed by atoms with Crippen molar-refractivity contribution < 1.29 is 35.9 Å². The third-order valence-corrected chi connectivity index (χ3v) is 6.76. The van der Waals surface area contributed by atoms with Gasteiger partial charge in [0.15, 0.2) is 27.8 Å². The molecule has 1 N–H and O–H groups in total. The molecule has 0 unspecified atom stereocenters. The summed E-state index contributed by atoms with van der Waals surface area (Å²) in [4.78, 5) is 20.4. The van der Waals surface area contributed by atoms with Gasteiger partial charge in [0.25, 0.3) is 11.8 Å². The van der Waals surface area contributed by atoms with Gasteiger partial charge in [-0.25, -0.2) is 22.9 Å².